The molecule has 0 bridgehead atoms. The molecule has 0 aliphatic carbocycles. The quantitative estimate of drug-likeness (QED) is 0.228. The van der Waals surface area contributed by atoms with Gasteiger partial charge in [-0.2, -0.15) is 0 Å². The predicted molar refractivity (Wildman–Crippen MR) is 228 cm³/mol. The lowest BCUT2D eigenvalue weighted by Crippen LogP contribution is -2.50. The third-order valence-corrected chi connectivity index (χ3v) is 13.7. The molecule has 4 heterocycles. The number of halogens is 2. The van der Waals surface area contributed by atoms with Gasteiger partial charge in [0.1, 0.15) is 5.78 Å². The monoisotopic (exact) mass is 777 g/mol. The van der Waals surface area contributed by atoms with Crippen LogP contribution in [0.4, 0.5) is 14.5 Å². The van der Waals surface area contributed by atoms with Crippen LogP contribution in [0.2, 0.25) is 0 Å². The third-order valence-electron chi connectivity index (χ3n) is 13.7. The van der Waals surface area contributed by atoms with Crippen LogP contribution >= 0.6 is 0 Å². The number of hydrogen-bond acceptors (Lipinski definition) is 5. The van der Waals surface area contributed by atoms with Crippen molar-refractivity contribution in [1.29, 1.82) is 0 Å². The van der Waals surface area contributed by atoms with Crippen molar-refractivity contribution < 1.29 is 18.4 Å². The second kappa shape index (κ2) is 20.2. The molecule has 4 aliphatic heterocycles. The number of benzene rings is 2. The molecular formula is C48H74F2N4O2. The van der Waals surface area contributed by atoms with Crippen LogP contribution in [0.25, 0.3) is 0 Å². The molecule has 56 heavy (non-hydrogen) atoms. The van der Waals surface area contributed by atoms with Crippen molar-refractivity contribution in [2.24, 2.45) is 23.7 Å². The number of piperidine rings is 4. The van der Waals surface area contributed by atoms with Gasteiger partial charge in [0.25, 0.3) is 5.92 Å². The smallest absolute Gasteiger partial charge is 0.268 e. The lowest BCUT2D eigenvalue weighted by Gasteiger charge is -2.40. The van der Waals surface area contributed by atoms with Gasteiger partial charge in [-0.1, -0.05) is 77.9 Å². The van der Waals surface area contributed by atoms with E-state index in [0.717, 1.165) is 57.5 Å². The summed E-state index contributed by atoms with van der Waals surface area (Å²) in [5, 5.41) is 0. The Morgan fingerprint density at radius 2 is 1.23 bits per heavy atom. The first-order chi connectivity index (χ1) is 26.6. The van der Waals surface area contributed by atoms with Gasteiger partial charge in [0.05, 0.1) is 13.1 Å². The first-order valence-corrected chi connectivity index (χ1v) is 22.2. The van der Waals surface area contributed by atoms with E-state index in [9.17, 15) is 18.4 Å². The molecule has 1 unspecified atom stereocenters. The van der Waals surface area contributed by atoms with Crippen LogP contribution in [-0.4, -0.2) is 97.3 Å². The first kappa shape index (κ1) is 44.3. The van der Waals surface area contributed by atoms with Gasteiger partial charge < -0.3 is 14.7 Å². The lowest BCUT2D eigenvalue weighted by atomic mass is 9.85. The number of alkyl halides is 2. The van der Waals surface area contributed by atoms with Crippen molar-refractivity contribution in [3.05, 3.63) is 65.2 Å². The summed E-state index contributed by atoms with van der Waals surface area (Å²) in [5.74, 6) is -0.0728. The van der Waals surface area contributed by atoms with Crippen LogP contribution in [0.5, 0.6) is 0 Å². The highest BCUT2D eigenvalue weighted by molar-refractivity contribution is 5.83. The SMILES string of the molecule is CC(C)c1ccc(C2CCN(CC(=O)C3CCN(C(C)C)CC3)CC2)cc1.CC(C)c1ccc(N2CCC(CC(=O)N3CCC(C(C)C)CC3)C(F)(F)C2)cc1. The van der Waals surface area contributed by atoms with Crippen molar-refractivity contribution in [2.75, 3.05) is 63.8 Å². The Labute approximate surface area is 338 Å². The topological polar surface area (TPSA) is 47.1 Å². The summed E-state index contributed by atoms with van der Waals surface area (Å²) in [6, 6.07) is 17.8. The zero-order valence-corrected chi connectivity index (χ0v) is 36.1. The Morgan fingerprint density at radius 3 is 1.73 bits per heavy atom. The summed E-state index contributed by atoms with van der Waals surface area (Å²) >= 11 is 0. The van der Waals surface area contributed by atoms with Crippen LogP contribution in [0, 0.1) is 23.7 Å². The van der Waals surface area contributed by atoms with Crippen LogP contribution in [0.15, 0.2) is 48.5 Å². The number of carbonyl (C=O) groups excluding carboxylic acids is 2. The van der Waals surface area contributed by atoms with Crippen LogP contribution in [-0.2, 0) is 9.59 Å². The van der Waals surface area contributed by atoms with E-state index in [2.05, 4.69) is 89.5 Å². The molecule has 4 saturated heterocycles. The van der Waals surface area contributed by atoms with E-state index in [-0.39, 0.29) is 18.9 Å². The number of ketones is 1. The van der Waals surface area contributed by atoms with Crippen molar-refractivity contribution in [2.45, 2.75) is 136 Å². The summed E-state index contributed by atoms with van der Waals surface area (Å²) in [7, 11) is 0. The Morgan fingerprint density at radius 1 is 0.679 bits per heavy atom. The molecule has 0 radical (unpaired) electrons. The molecule has 6 rings (SSSR count). The molecule has 4 aliphatic rings. The van der Waals surface area contributed by atoms with E-state index in [0.29, 0.717) is 79.9 Å². The number of carbonyl (C=O) groups is 2. The second-order valence-electron chi connectivity index (χ2n) is 18.8. The van der Waals surface area contributed by atoms with E-state index < -0.39 is 11.8 Å². The highest BCUT2D eigenvalue weighted by Crippen LogP contribution is 2.38. The summed E-state index contributed by atoms with van der Waals surface area (Å²) in [4.78, 5) is 33.9. The van der Waals surface area contributed by atoms with Crippen molar-refractivity contribution >= 4 is 17.4 Å². The Hall–Kier alpha value is -2.84. The maximum Gasteiger partial charge on any atom is 0.268 e. The van der Waals surface area contributed by atoms with Crippen molar-refractivity contribution in [1.82, 2.24) is 14.7 Å². The molecule has 0 N–H and O–H groups in total. The molecule has 1 amide bonds. The number of anilines is 1. The highest BCUT2D eigenvalue weighted by Gasteiger charge is 2.46. The normalized spacial score (nSPS) is 22.2. The molecule has 312 valence electrons. The van der Waals surface area contributed by atoms with Gasteiger partial charge in [-0.05, 0) is 143 Å². The predicted octanol–water partition coefficient (Wildman–Crippen LogP) is 10.2. The molecule has 4 fully saturated rings. The summed E-state index contributed by atoms with van der Waals surface area (Å²) in [5.41, 5.74) is 4.95. The van der Waals surface area contributed by atoms with Crippen LogP contribution < -0.4 is 4.90 Å². The zero-order valence-electron chi connectivity index (χ0n) is 36.1. The summed E-state index contributed by atoms with van der Waals surface area (Å²) in [6.45, 7) is 24.3. The minimum absolute atomic E-state index is 0.0283. The van der Waals surface area contributed by atoms with Gasteiger partial charge in [0.15, 0.2) is 0 Å². The second-order valence-corrected chi connectivity index (χ2v) is 18.8. The fraction of sp³-hybridized carbons (Fsp3) is 0.708. The molecule has 6 nitrogen and oxygen atoms in total. The van der Waals surface area contributed by atoms with E-state index in [4.69, 9.17) is 0 Å². The summed E-state index contributed by atoms with van der Waals surface area (Å²) in [6.07, 6.45) is 6.77. The Balaban J connectivity index is 0.000000215. The third kappa shape index (κ3) is 12.1. The zero-order chi connectivity index (χ0) is 40.6. The van der Waals surface area contributed by atoms with Gasteiger partial charge in [-0.25, -0.2) is 8.78 Å². The average molecular weight is 777 g/mol. The molecule has 8 heteroatoms. The van der Waals surface area contributed by atoms with Gasteiger partial charge in [-0.15, -0.1) is 0 Å². The van der Waals surface area contributed by atoms with E-state index >= 15 is 0 Å². The van der Waals surface area contributed by atoms with Gasteiger partial charge in [-0.3, -0.25) is 14.5 Å². The van der Waals surface area contributed by atoms with Crippen LogP contribution in [0.3, 0.4) is 0 Å². The molecular weight excluding hydrogens is 703 g/mol. The number of amides is 1. The molecule has 0 aromatic heterocycles. The van der Waals surface area contributed by atoms with Crippen LogP contribution in [0.1, 0.15) is 141 Å². The maximum absolute atomic E-state index is 14.9. The number of hydrogen-bond donors (Lipinski definition) is 0. The van der Waals surface area contributed by atoms with Gasteiger partial charge in [0.2, 0.25) is 5.91 Å². The summed E-state index contributed by atoms with van der Waals surface area (Å²) < 4.78 is 29.8. The largest absolute Gasteiger partial charge is 0.365 e. The molecule has 0 saturated carbocycles. The van der Waals surface area contributed by atoms with E-state index in [1.165, 1.54) is 29.5 Å². The molecule has 2 aromatic carbocycles. The van der Waals surface area contributed by atoms with E-state index in [1.807, 2.05) is 29.2 Å². The number of Topliss-reactive ketones (excluding diaryl/α,β-unsaturated/α-hetero) is 1. The molecule has 0 spiro atoms. The minimum atomic E-state index is -2.85. The average Bonchev–Trinajstić information content (AvgIpc) is 3.19. The lowest BCUT2D eigenvalue weighted by molar-refractivity contribution is -0.139. The number of likely N-dealkylation sites (tertiary alicyclic amines) is 3. The fourth-order valence-corrected chi connectivity index (χ4v) is 9.35. The Kier molecular flexibility index (Phi) is 16.0. The Bertz CT molecular complexity index is 1500. The van der Waals surface area contributed by atoms with Crippen molar-refractivity contribution in [3.63, 3.8) is 0 Å². The first-order valence-electron chi connectivity index (χ1n) is 22.2. The fourth-order valence-electron chi connectivity index (χ4n) is 9.35. The molecule has 1 atom stereocenters. The van der Waals surface area contributed by atoms with E-state index in [1.54, 1.807) is 4.90 Å². The van der Waals surface area contributed by atoms with Crippen molar-refractivity contribution in [3.8, 4) is 0 Å². The molecule has 2 aromatic rings. The minimum Gasteiger partial charge on any atom is -0.365 e. The standard InChI is InChI=1S/C24H36F2N2O.C24H38N2O/c1-17(2)19-5-7-22(8-6-19)28-14-11-21(24(25,26)16-28)15-23(29)27-12-9-20(10-13-27)18(3)4;1-18(2)20-5-7-21(8-6-20)22-9-13-25(14-10-22)17-24(27)23-11-15-26(16-12-23)19(3)4/h5-8,17-18,20-21H,9-16H2,1-4H3;5-8,18-19,22-23H,9-17H2,1-4H3. The number of nitrogens with zero attached hydrogens (tertiary/aromatic N) is 4. The van der Waals surface area contributed by atoms with Gasteiger partial charge in [0, 0.05) is 49.6 Å². The van der Waals surface area contributed by atoms with Gasteiger partial charge >= 0.3 is 0 Å². The number of rotatable bonds is 11. The maximum atomic E-state index is 14.9. The highest BCUT2D eigenvalue weighted by atomic mass is 19.3.